The second-order valence-corrected chi connectivity index (χ2v) is 0.882. The van der Waals surface area contributed by atoms with Crippen molar-refractivity contribution in [2.75, 3.05) is 0 Å². The summed E-state index contributed by atoms with van der Waals surface area (Å²) >= 11 is 0. The zero-order valence-electron chi connectivity index (χ0n) is 3.69. The third kappa shape index (κ3) is 8.82. The van der Waals surface area contributed by atoms with Crippen molar-refractivity contribution in [2.45, 2.75) is 6.92 Å². The number of carbonyl (C=O) groups excluding carboxylic acids is 1. The van der Waals surface area contributed by atoms with Gasteiger partial charge in [-0.25, -0.2) is 6.58 Å². The van der Waals surface area contributed by atoms with E-state index in [-0.39, 0.29) is 32.7 Å². The van der Waals surface area contributed by atoms with Gasteiger partial charge in [0.1, 0.15) is 0 Å². The smallest absolute Gasteiger partial charge is 0 e. The molecule has 0 rings (SSSR count). The molecule has 0 aromatic heterocycles. The molecule has 0 saturated carbocycles. The molecule has 1 radical (unpaired) electrons. The predicted octanol–water partition coefficient (Wildman–Crippen LogP) is 0.670. The third-order valence-electron chi connectivity index (χ3n) is 0.174. The van der Waals surface area contributed by atoms with Crippen molar-refractivity contribution in [2.24, 2.45) is 0 Å². The zero-order valence-corrected chi connectivity index (χ0v) is 6.53. The fraction of sp³-hybridized carbons (Fsp3) is 0.250. The molecule has 0 N–H and O–H groups in total. The van der Waals surface area contributed by atoms with Gasteiger partial charge in [0.05, 0.1) is 0 Å². The van der Waals surface area contributed by atoms with E-state index < -0.39 is 0 Å². The Kier molecular flexibility index (Phi) is 8.93. The topological polar surface area (TPSA) is 17.1 Å². The molecule has 0 bridgehead atoms. The molecular formula is C4H5OY-. The van der Waals surface area contributed by atoms with Crippen LogP contribution in [0, 0.1) is 0 Å². The van der Waals surface area contributed by atoms with Gasteiger partial charge >= 0.3 is 0 Å². The van der Waals surface area contributed by atoms with Crippen LogP contribution in [0.15, 0.2) is 12.2 Å². The molecule has 0 unspecified atom stereocenters. The van der Waals surface area contributed by atoms with Crippen LogP contribution in [0.4, 0.5) is 0 Å². The third-order valence-corrected chi connectivity index (χ3v) is 0.174. The maximum atomic E-state index is 9.28. The monoisotopic (exact) mass is 158 g/mol. The standard InChI is InChI=1S/C4H5O.Y/c1-4(2)3-5;/h1H2,2H3;/q-1;. The van der Waals surface area contributed by atoms with Crippen molar-refractivity contribution in [3.8, 4) is 0 Å². The molecular weight excluding hydrogens is 153 g/mol. The first-order valence-corrected chi connectivity index (χ1v) is 1.31. The Balaban J connectivity index is 0. The van der Waals surface area contributed by atoms with E-state index >= 15 is 0 Å². The van der Waals surface area contributed by atoms with Gasteiger partial charge in [-0.1, -0.05) is 6.92 Å². The zero-order chi connectivity index (χ0) is 4.28. The van der Waals surface area contributed by atoms with E-state index in [0.29, 0.717) is 5.57 Å². The Morgan fingerprint density at radius 2 is 2.00 bits per heavy atom. The second kappa shape index (κ2) is 5.51. The van der Waals surface area contributed by atoms with E-state index in [1.807, 2.05) is 0 Å². The molecule has 0 aliphatic heterocycles. The van der Waals surface area contributed by atoms with Crippen molar-refractivity contribution in [1.82, 2.24) is 0 Å². The van der Waals surface area contributed by atoms with E-state index in [1.54, 1.807) is 13.2 Å². The van der Waals surface area contributed by atoms with Crippen LogP contribution in [0.2, 0.25) is 0 Å². The average molecular weight is 158 g/mol. The first-order valence-electron chi connectivity index (χ1n) is 1.31. The molecule has 0 aromatic rings. The van der Waals surface area contributed by atoms with Gasteiger partial charge in [0, 0.05) is 32.7 Å². The molecule has 0 heterocycles. The van der Waals surface area contributed by atoms with Crippen LogP contribution in [0.25, 0.3) is 0 Å². The van der Waals surface area contributed by atoms with Gasteiger partial charge in [-0.05, 0) is 6.29 Å². The molecule has 0 saturated heterocycles. The molecule has 0 aliphatic carbocycles. The SMILES string of the molecule is C=C(C)[C-]=O.[Y]. The first-order chi connectivity index (χ1) is 2.27. The molecule has 2 heteroatoms. The molecule has 31 valence electrons. The van der Waals surface area contributed by atoms with E-state index in [4.69, 9.17) is 0 Å². The van der Waals surface area contributed by atoms with Crippen LogP contribution in [-0.2, 0) is 37.5 Å². The molecule has 0 aliphatic rings. The first kappa shape index (κ1) is 9.72. The van der Waals surface area contributed by atoms with Gasteiger partial charge in [-0.2, -0.15) is 5.57 Å². The molecule has 0 fully saturated rings. The van der Waals surface area contributed by atoms with Crippen molar-refractivity contribution in [3.63, 3.8) is 0 Å². The summed E-state index contributed by atoms with van der Waals surface area (Å²) in [6, 6.07) is 0. The van der Waals surface area contributed by atoms with Crippen LogP contribution in [0.1, 0.15) is 6.92 Å². The summed E-state index contributed by atoms with van der Waals surface area (Å²) in [4.78, 5) is 9.28. The summed E-state index contributed by atoms with van der Waals surface area (Å²) in [5, 5.41) is 0. The minimum atomic E-state index is 0. The average Bonchev–Trinajstić information content (AvgIpc) is 1.38. The van der Waals surface area contributed by atoms with Gasteiger partial charge in [-0.15, -0.1) is 0 Å². The fourth-order valence-electron chi connectivity index (χ4n) is 0. The Labute approximate surface area is 62.7 Å². The Morgan fingerprint density at radius 1 is 1.83 bits per heavy atom. The minimum Gasteiger partial charge on any atom is -0.419 e. The maximum Gasteiger partial charge on any atom is 0 e. The fourth-order valence-corrected chi connectivity index (χ4v) is 0. The van der Waals surface area contributed by atoms with E-state index in [9.17, 15) is 4.79 Å². The number of rotatable bonds is 1. The molecule has 0 amide bonds. The summed E-state index contributed by atoms with van der Waals surface area (Å²) in [5.41, 5.74) is 0.449. The second-order valence-electron chi connectivity index (χ2n) is 0.882. The van der Waals surface area contributed by atoms with Crippen LogP contribution in [0.3, 0.4) is 0 Å². The van der Waals surface area contributed by atoms with Crippen LogP contribution in [-0.4, -0.2) is 6.29 Å². The van der Waals surface area contributed by atoms with Crippen LogP contribution >= 0.6 is 0 Å². The van der Waals surface area contributed by atoms with Crippen molar-refractivity contribution in [3.05, 3.63) is 12.2 Å². The summed E-state index contributed by atoms with van der Waals surface area (Å²) in [7, 11) is 0. The largest absolute Gasteiger partial charge is 0.419 e. The van der Waals surface area contributed by atoms with Crippen LogP contribution < -0.4 is 0 Å². The number of hydrogen-bond acceptors (Lipinski definition) is 1. The van der Waals surface area contributed by atoms with Gasteiger partial charge in [0.2, 0.25) is 0 Å². The number of hydrogen-bond donors (Lipinski definition) is 0. The van der Waals surface area contributed by atoms with Gasteiger partial charge in [-0.3, -0.25) is 0 Å². The van der Waals surface area contributed by atoms with Crippen molar-refractivity contribution >= 4 is 6.29 Å². The molecule has 0 atom stereocenters. The molecule has 1 nitrogen and oxygen atoms in total. The Morgan fingerprint density at radius 3 is 2.00 bits per heavy atom. The predicted molar refractivity (Wildman–Crippen MR) is 20.5 cm³/mol. The summed E-state index contributed by atoms with van der Waals surface area (Å²) in [5.74, 6) is 0. The van der Waals surface area contributed by atoms with Crippen LogP contribution in [0.5, 0.6) is 0 Å². The molecule has 6 heavy (non-hydrogen) atoms. The summed E-state index contributed by atoms with van der Waals surface area (Å²) < 4.78 is 0. The summed E-state index contributed by atoms with van der Waals surface area (Å²) in [6.07, 6.45) is 1.58. The van der Waals surface area contributed by atoms with Gasteiger partial charge in [0.25, 0.3) is 0 Å². The maximum absolute atomic E-state index is 9.28. The summed E-state index contributed by atoms with van der Waals surface area (Å²) in [6.45, 7) is 4.85. The van der Waals surface area contributed by atoms with Gasteiger partial charge < -0.3 is 4.79 Å². The minimum absolute atomic E-state index is 0. The Bertz CT molecular complexity index is 58.6. The Hall–Kier alpha value is 0.514. The van der Waals surface area contributed by atoms with Crippen molar-refractivity contribution in [1.29, 1.82) is 0 Å². The van der Waals surface area contributed by atoms with E-state index in [1.165, 1.54) is 0 Å². The normalized spacial score (nSPS) is 5.50. The van der Waals surface area contributed by atoms with Crippen molar-refractivity contribution < 1.29 is 37.5 Å². The molecule has 0 aromatic carbocycles. The van der Waals surface area contributed by atoms with E-state index in [0.717, 1.165) is 0 Å². The van der Waals surface area contributed by atoms with Gasteiger partial charge in [0.15, 0.2) is 0 Å². The molecule has 0 spiro atoms. The number of allylic oxidation sites excluding steroid dienone is 1. The quantitative estimate of drug-likeness (QED) is 0.404. The van der Waals surface area contributed by atoms with E-state index in [2.05, 4.69) is 6.58 Å².